The molecule has 0 aliphatic carbocycles. The van der Waals surface area contributed by atoms with Gasteiger partial charge in [0.05, 0.1) is 24.7 Å². The maximum absolute atomic E-state index is 13.2. The van der Waals surface area contributed by atoms with Crippen LogP contribution in [0.4, 0.5) is 4.79 Å². The van der Waals surface area contributed by atoms with Gasteiger partial charge in [-0.2, -0.15) is 0 Å². The van der Waals surface area contributed by atoms with Crippen LogP contribution in [0.3, 0.4) is 0 Å². The SMILES string of the molecule is CCCOc1ccc(CN2C(=O)NC(=O)/C(=C\c3ccc(OCc4ccc(Cl)cc4Cl)c(Br)c3)C2=O)cc1OC. The van der Waals surface area contributed by atoms with Crippen molar-refractivity contribution in [3.8, 4) is 17.2 Å². The van der Waals surface area contributed by atoms with Crippen molar-refractivity contribution in [3.05, 3.63) is 91.4 Å². The van der Waals surface area contributed by atoms with E-state index in [2.05, 4.69) is 21.2 Å². The quantitative estimate of drug-likeness (QED) is 0.192. The Morgan fingerprint density at radius 3 is 2.42 bits per heavy atom. The summed E-state index contributed by atoms with van der Waals surface area (Å²) in [5.41, 5.74) is 1.76. The first kappa shape index (κ1) is 29.5. The predicted molar refractivity (Wildman–Crippen MR) is 156 cm³/mol. The number of imide groups is 2. The molecule has 8 nitrogen and oxygen atoms in total. The number of ether oxygens (including phenoxy) is 3. The normalized spacial score (nSPS) is 14.4. The van der Waals surface area contributed by atoms with E-state index in [4.69, 9.17) is 37.4 Å². The maximum atomic E-state index is 13.2. The fraction of sp³-hybridized carbons (Fsp3) is 0.207. The molecule has 0 aromatic heterocycles. The van der Waals surface area contributed by atoms with Gasteiger partial charge in [0.25, 0.3) is 11.8 Å². The van der Waals surface area contributed by atoms with E-state index in [9.17, 15) is 14.4 Å². The van der Waals surface area contributed by atoms with Crippen molar-refractivity contribution in [2.45, 2.75) is 26.5 Å². The molecule has 4 rings (SSSR count). The van der Waals surface area contributed by atoms with Crippen molar-refractivity contribution in [1.82, 2.24) is 10.2 Å². The van der Waals surface area contributed by atoms with Crippen LogP contribution >= 0.6 is 39.1 Å². The molecule has 0 atom stereocenters. The lowest BCUT2D eigenvalue weighted by molar-refractivity contribution is -0.130. The Morgan fingerprint density at radius 1 is 0.950 bits per heavy atom. The van der Waals surface area contributed by atoms with E-state index in [1.165, 1.54) is 13.2 Å². The molecule has 1 N–H and O–H groups in total. The van der Waals surface area contributed by atoms with Crippen LogP contribution in [0.1, 0.15) is 30.0 Å². The van der Waals surface area contributed by atoms with Crippen molar-refractivity contribution in [2.24, 2.45) is 0 Å². The topological polar surface area (TPSA) is 94.2 Å². The Bertz CT molecular complexity index is 1490. The van der Waals surface area contributed by atoms with Gasteiger partial charge in [0.1, 0.15) is 17.9 Å². The lowest BCUT2D eigenvalue weighted by Gasteiger charge is -2.26. The summed E-state index contributed by atoms with van der Waals surface area (Å²) in [7, 11) is 1.51. The van der Waals surface area contributed by atoms with Crippen LogP contribution in [0.5, 0.6) is 17.2 Å². The number of carbonyl (C=O) groups is 3. The highest BCUT2D eigenvalue weighted by Crippen LogP contribution is 2.31. The largest absolute Gasteiger partial charge is 0.493 e. The van der Waals surface area contributed by atoms with Crippen LogP contribution in [0.2, 0.25) is 10.0 Å². The molecule has 3 aromatic rings. The number of hydrogen-bond acceptors (Lipinski definition) is 6. The van der Waals surface area contributed by atoms with Crippen molar-refractivity contribution >= 4 is 63.1 Å². The molecule has 4 amide bonds. The third-order valence-corrected chi connectivity index (χ3v) is 7.09. The summed E-state index contributed by atoms with van der Waals surface area (Å²) in [5, 5.41) is 3.26. The molecule has 40 heavy (non-hydrogen) atoms. The number of hydrogen-bond donors (Lipinski definition) is 1. The van der Waals surface area contributed by atoms with Crippen LogP contribution in [-0.2, 0) is 22.7 Å². The van der Waals surface area contributed by atoms with Gasteiger partial charge >= 0.3 is 6.03 Å². The van der Waals surface area contributed by atoms with Gasteiger partial charge in [-0.05, 0) is 76.0 Å². The molecule has 208 valence electrons. The Balaban J connectivity index is 1.50. The summed E-state index contributed by atoms with van der Waals surface area (Å²) < 4.78 is 17.5. The lowest BCUT2D eigenvalue weighted by atomic mass is 10.1. The number of nitrogens with zero attached hydrogens (tertiary/aromatic N) is 1. The third-order valence-electron chi connectivity index (χ3n) is 5.88. The van der Waals surface area contributed by atoms with E-state index in [1.807, 2.05) is 6.92 Å². The van der Waals surface area contributed by atoms with E-state index >= 15 is 0 Å². The second kappa shape index (κ2) is 13.2. The van der Waals surface area contributed by atoms with Crippen LogP contribution in [0.25, 0.3) is 6.08 Å². The number of nitrogens with one attached hydrogen (secondary N) is 1. The molecule has 0 saturated carbocycles. The summed E-state index contributed by atoms with van der Waals surface area (Å²) in [4.78, 5) is 39.4. The summed E-state index contributed by atoms with van der Waals surface area (Å²) in [6.07, 6.45) is 2.26. The minimum absolute atomic E-state index is 0.0660. The smallest absolute Gasteiger partial charge is 0.331 e. The maximum Gasteiger partial charge on any atom is 0.331 e. The second-order valence-corrected chi connectivity index (χ2v) is 10.5. The molecule has 3 aromatic carbocycles. The van der Waals surface area contributed by atoms with Gasteiger partial charge in [-0.1, -0.05) is 48.3 Å². The van der Waals surface area contributed by atoms with Crippen LogP contribution in [0.15, 0.2) is 64.6 Å². The van der Waals surface area contributed by atoms with E-state index in [-0.39, 0.29) is 18.7 Å². The van der Waals surface area contributed by atoms with Gasteiger partial charge in [0, 0.05) is 15.6 Å². The van der Waals surface area contributed by atoms with Gasteiger partial charge in [-0.3, -0.25) is 19.8 Å². The van der Waals surface area contributed by atoms with Crippen LogP contribution in [0, 0.1) is 0 Å². The number of benzene rings is 3. The molecule has 11 heteroatoms. The minimum Gasteiger partial charge on any atom is -0.493 e. The number of methoxy groups -OCH3 is 1. The summed E-state index contributed by atoms with van der Waals surface area (Å²) in [6, 6.07) is 14.6. The summed E-state index contributed by atoms with van der Waals surface area (Å²) in [5.74, 6) is 0.0826. The van der Waals surface area contributed by atoms with E-state index in [0.29, 0.717) is 49.5 Å². The standard InChI is InChI=1S/C29H25BrCl2N2O6/c1-3-10-39-25-9-5-18(13-26(25)38-2)15-34-28(36)21(27(35)33-29(34)37)11-17-4-8-24(22(30)12-17)40-16-19-6-7-20(31)14-23(19)32/h4-9,11-14H,3,10,15-16H2,1-2H3,(H,33,35,37)/b21-11+. The number of halogens is 3. The Labute approximate surface area is 249 Å². The predicted octanol–water partition coefficient (Wildman–Crippen LogP) is 6.79. The summed E-state index contributed by atoms with van der Waals surface area (Å²) >= 11 is 15.6. The fourth-order valence-electron chi connectivity index (χ4n) is 3.85. The van der Waals surface area contributed by atoms with Crippen molar-refractivity contribution in [1.29, 1.82) is 0 Å². The molecular formula is C29H25BrCl2N2O6. The second-order valence-electron chi connectivity index (χ2n) is 8.76. The highest BCUT2D eigenvalue weighted by molar-refractivity contribution is 9.10. The monoisotopic (exact) mass is 646 g/mol. The van der Waals surface area contributed by atoms with Crippen LogP contribution in [-0.4, -0.2) is 36.5 Å². The highest BCUT2D eigenvalue weighted by atomic mass is 79.9. The van der Waals surface area contributed by atoms with Crippen LogP contribution < -0.4 is 19.5 Å². The number of urea groups is 1. The van der Waals surface area contributed by atoms with Crippen molar-refractivity contribution in [3.63, 3.8) is 0 Å². The molecule has 0 bridgehead atoms. The number of barbiturate groups is 1. The van der Waals surface area contributed by atoms with E-state index in [0.717, 1.165) is 16.9 Å². The zero-order chi connectivity index (χ0) is 28.8. The van der Waals surface area contributed by atoms with E-state index in [1.54, 1.807) is 54.6 Å². The van der Waals surface area contributed by atoms with Gasteiger partial charge in [-0.15, -0.1) is 0 Å². The molecule has 0 unspecified atom stereocenters. The van der Waals surface area contributed by atoms with Gasteiger partial charge in [-0.25, -0.2) is 4.79 Å². The molecule has 1 aliphatic heterocycles. The minimum atomic E-state index is -0.803. The number of rotatable bonds is 10. The average molecular weight is 648 g/mol. The molecule has 1 saturated heterocycles. The first-order chi connectivity index (χ1) is 19.2. The molecular weight excluding hydrogens is 623 g/mol. The Morgan fingerprint density at radius 2 is 1.73 bits per heavy atom. The van der Waals surface area contributed by atoms with Gasteiger partial charge in [0.15, 0.2) is 11.5 Å². The Kier molecular flexibility index (Phi) is 9.73. The van der Waals surface area contributed by atoms with E-state index < -0.39 is 17.8 Å². The molecule has 1 fully saturated rings. The molecule has 0 spiro atoms. The first-order valence-corrected chi connectivity index (χ1v) is 13.8. The van der Waals surface area contributed by atoms with Crippen molar-refractivity contribution < 1.29 is 28.6 Å². The highest BCUT2D eigenvalue weighted by Gasteiger charge is 2.35. The zero-order valence-corrected chi connectivity index (χ0v) is 24.7. The Hall–Kier alpha value is -3.53. The fourth-order valence-corrected chi connectivity index (χ4v) is 4.82. The number of carbonyl (C=O) groups excluding carboxylic acids is 3. The molecule has 0 radical (unpaired) electrons. The zero-order valence-electron chi connectivity index (χ0n) is 21.6. The molecule has 1 heterocycles. The number of amides is 4. The lowest BCUT2D eigenvalue weighted by Crippen LogP contribution is -2.53. The summed E-state index contributed by atoms with van der Waals surface area (Å²) in [6.45, 7) is 2.67. The third kappa shape index (κ3) is 6.96. The molecule has 1 aliphatic rings. The average Bonchev–Trinajstić information content (AvgIpc) is 2.92. The van der Waals surface area contributed by atoms with Gasteiger partial charge < -0.3 is 14.2 Å². The van der Waals surface area contributed by atoms with Gasteiger partial charge in [0.2, 0.25) is 0 Å². The van der Waals surface area contributed by atoms with Crippen molar-refractivity contribution in [2.75, 3.05) is 13.7 Å². The first-order valence-electron chi connectivity index (χ1n) is 12.2.